The largest absolute Gasteiger partial charge is 0.370 e. The average molecular weight is 394 g/mol. The van der Waals surface area contributed by atoms with Crippen LogP contribution in [0.15, 0.2) is 64.1 Å². The third-order valence-corrected chi connectivity index (χ3v) is 4.90. The second-order valence-corrected chi connectivity index (χ2v) is 7.29. The van der Waals surface area contributed by atoms with Crippen LogP contribution in [-0.4, -0.2) is 36.7 Å². The number of hydrogen-bond acceptors (Lipinski definition) is 3. The summed E-state index contributed by atoms with van der Waals surface area (Å²) < 4.78 is 20.2. The summed E-state index contributed by atoms with van der Waals surface area (Å²) in [6.45, 7) is 2.62. The van der Waals surface area contributed by atoms with E-state index in [0.717, 1.165) is 35.4 Å². The Kier molecular flexibility index (Phi) is 6.65. The van der Waals surface area contributed by atoms with Gasteiger partial charge in [0, 0.05) is 38.2 Å². The summed E-state index contributed by atoms with van der Waals surface area (Å²) in [6.07, 6.45) is 1.58. The molecule has 0 saturated carbocycles. The van der Waals surface area contributed by atoms with Crippen molar-refractivity contribution in [1.82, 2.24) is 10.1 Å². The number of rotatable bonds is 7. The van der Waals surface area contributed by atoms with Gasteiger partial charge in [0.1, 0.15) is 11.6 Å². The summed E-state index contributed by atoms with van der Waals surface area (Å²) in [5.41, 5.74) is 8.96. The third kappa shape index (κ3) is 5.22. The topological polar surface area (TPSA) is 67.7 Å². The van der Waals surface area contributed by atoms with Crippen LogP contribution in [0.4, 0.5) is 4.39 Å². The first-order valence-corrected chi connectivity index (χ1v) is 9.73. The molecule has 1 unspecified atom stereocenters. The minimum absolute atomic E-state index is 0.0852. The number of nitrogens with two attached hydrogens (primary N) is 1. The van der Waals surface area contributed by atoms with Crippen LogP contribution in [-0.2, 0) is 6.42 Å². The van der Waals surface area contributed by atoms with Gasteiger partial charge in [0.25, 0.3) is 0 Å². The second kappa shape index (κ2) is 9.37. The Morgan fingerprint density at radius 2 is 1.93 bits per heavy atom. The molecule has 0 aliphatic heterocycles. The summed E-state index contributed by atoms with van der Waals surface area (Å²) in [6, 6.07) is 16.8. The van der Waals surface area contributed by atoms with Gasteiger partial charge in [-0.25, -0.2) is 4.39 Å². The van der Waals surface area contributed by atoms with Crippen molar-refractivity contribution in [3.63, 3.8) is 0 Å². The van der Waals surface area contributed by atoms with Crippen molar-refractivity contribution in [3.05, 3.63) is 77.4 Å². The van der Waals surface area contributed by atoms with Crippen molar-refractivity contribution >= 4 is 5.96 Å². The van der Waals surface area contributed by atoms with Crippen LogP contribution in [0.2, 0.25) is 0 Å². The number of guanidine groups is 1. The molecule has 3 rings (SSSR count). The zero-order chi connectivity index (χ0) is 20.8. The quantitative estimate of drug-likeness (QED) is 0.365. The number of nitrogens with zero attached hydrogens (tertiary/aromatic N) is 3. The Hall–Kier alpha value is -3.15. The summed E-state index contributed by atoms with van der Waals surface area (Å²) >= 11 is 0. The Morgan fingerprint density at radius 3 is 2.62 bits per heavy atom. The van der Waals surface area contributed by atoms with Crippen molar-refractivity contribution < 1.29 is 8.91 Å². The zero-order valence-corrected chi connectivity index (χ0v) is 17.1. The first-order chi connectivity index (χ1) is 14.0. The van der Waals surface area contributed by atoms with Crippen LogP contribution in [0.3, 0.4) is 0 Å². The molecule has 0 saturated heterocycles. The van der Waals surface area contributed by atoms with Gasteiger partial charge in [-0.3, -0.25) is 4.99 Å². The van der Waals surface area contributed by atoms with Gasteiger partial charge in [0.15, 0.2) is 5.96 Å². The summed E-state index contributed by atoms with van der Waals surface area (Å²) in [5.74, 6) is 0.915. The minimum Gasteiger partial charge on any atom is -0.370 e. The summed E-state index contributed by atoms with van der Waals surface area (Å²) in [5, 5.41) is 4.14. The zero-order valence-electron chi connectivity index (χ0n) is 17.1. The molecule has 0 spiro atoms. The second-order valence-electron chi connectivity index (χ2n) is 7.29. The number of benzene rings is 2. The molecule has 0 bridgehead atoms. The van der Waals surface area contributed by atoms with Crippen molar-refractivity contribution in [2.45, 2.75) is 25.7 Å². The minimum atomic E-state index is -0.239. The number of aryl methyl sites for hydroxylation is 1. The van der Waals surface area contributed by atoms with Gasteiger partial charge in [0.2, 0.25) is 0 Å². The number of aromatic nitrogens is 1. The van der Waals surface area contributed by atoms with Crippen LogP contribution in [0.1, 0.15) is 36.3 Å². The molecular weight excluding hydrogens is 367 g/mol. The van der Waals surface area contributed by atoms with Gasteiger partial charge in [-0.05, 0) is 30.0 Å². The summed E-state index contributed by atoms with van der Waals surface area (Å²) in [7, 11) is 3.72. The molecule has 1 atom stereocenters. The van der Waals surface area contributed by atoms with Gasteiger partial charge in [-0.1, -0.05) is 54.5 Å². The number of hydrogen-bond donors (Lipinski definition) is 1. The highest BCUT2D eigenvalue weighted by Gasteiger charge is 2.16. The molecule has 6 heteroatoms. The first-order valence-electron chi connectivity index (χ1n) is 9.73. The van der Waals surface area contributed by atoms with Gasteiger partial charge in [0.05, 0.1) is 5.69 Å². The number of aliphatic imine (C=N–C) groups is 1. The van der Waals surface area contributed by atoms with E-state index in [0.29, 0.717) is 18.1 Å². The fourth-order valence-corrected chi connectivity index (χ4v) is 3.06. The van der Waals surface area contributed by atoms with Crippen molar-refractivity contribution in [2.75, 3.05) is 20.6 Å². The van der Waals surface area contributed by atoms with E-state index in [9.17, 15) is 4.39 Å². The highest BCUT2D eigenvalue weighted by molar-refractivity contribution is 5.77. The fraction of sp³-hybridized carbons (Fsp3) is 0.304. The van der Waals surface area contributed by atoms with Crippen molar-refractivity contribution in [2.24, 2.45) is 10.7 Å². The van der Waals surface area contributed by atoms with E-state index < -0.39 is 0 Å². The van der Waals surface area contributed by atoms with E-state index in [1.54, 1.807) is 11.0 Å². The fourth-order valence-electron chi connectivity index (χ4n) is 3.06. The molecule has 29 heavy (non-hydrogen) atoms. The predicted molar refractivity (Wildman–Crippen MR) is 114 cm³/mol. The van der Waals surface area contributed by atoms with Crippen molar-refractivity contribution in [1.29, 1.82) is 0 Å². The normalized spacial score (nSPS) is 12.8. The third-order valence-electron chi connectivity index (χ3n) is 4.90. The van der Waals surface area contributed by atoms with Crippen LogP contribution in [0, 0.1) is 5.82 Å². The standard InChI is InChI=1S/C23H27FN4O/c1-16(18-11-12-20(21(24)14-18)17-8-5-4-6-9-17)22-15-19(27-29-22)10-7-13-26-23(25)28(2)3/h4-6,8-9,11-12,14-16H,7,10,13H2,1-3H3,(H2,25,26). The Balaban J connectivity index is 1.64. The van der Waals surface area contributed by atoms with Gasteiger partial charge in [-0.2, -0.15) is 0 Å². The average Bonchev–Trinajstić information content (AvgIpc) is 3.20. The molecule has 2 N–H and O–H groups in total. The monoisotopic (exact) mass is 394 g/mol. The van der Waals surface area contributed by atoms with Crippen LogP contribution in [0.25, 0.3) is 11.1 Å². The molecule has 1 heterocycles. The maximum absolute atomic E-state index is 14.7. The van der Waals surface area contributed by atoms with Gasteiger partial charge in [-0.15, -0.1) is 0 Å². The summed E-state index contributed by atoms with van der Waals surface area (Å²) in [4.78, 5) is 6.07. The molecule has 0 aliphatic carbocycles. The lowest BCUT2D eigenvalue weighted by Crippen LogP contribution is -2.30. The van der Waals surface area contributed by atoms with E-state index in [4.69, 9.17) is 10.3 Å². The molecule has 152 valence electrons. The maximum atomic E-state index is 14.7. The SMILES string of the molecule is CC(c1ccc(-c2ccccc2)c(F)c1)c1cc(CCCN=C(N)N(C)C)no1. The molecule has 0 amide bonds. The molecule has 0 aliphatic rings. The van der Waals surface area contributed by atoms with Crippen molar-refractivity contribution in [3.8, 4) is 11.1 Å². The predicted octanol–water partition coefficient (Wildman–Crippen LogP) is 4.44. The van der Waals surface area contributed by atoms with Crippen LogP contribution in [0.5, 0.6) is 0 Å². The molecule has 5 nitrogen and oxygen atoms in total. The lowest BCUT2D eigenvalue weighted by atomic mass is 9.95. The lowest BCUT2D eigenvalue weighted by molar-refractivity contribution is 0.369. The molecule has 1 aromatic heterocycles. The molecule has 0 radical (unpaired) electrons. The first kappa shape index (κ1) is 20.6. The van der Waals surface area contributed by atoms with E-state index in [-0.39, 0.29) is 11.7 Å². The molecule has 2 aromatic carbocycles. The van der Waals surface area contributed by atoms with Gasteiger partial charge < -0.3 is 15.2 Å². The van der Waals surface area contributed by atoms with E-state index in [2.05, 4.69) is 10.1 Å². The van der Waals surface area contributed by atoms with E-state index >= 15 is 0 Å². The molecule has 3 aromatic rings. The van der Waals surface area contributed by atoms with Crippen LogP contribution < -0.4 is 5.73 Å². The highest BCUT2D eigenvalue weighted by Crippen LogP contribution is 2.29. The maximum Gasteiger partial charge on any atom is 0.190 e. The molecular formula is C23H27FN4O. The highest BCUT2D eigenvalue weighted by atomic mass is 19.1. The van der Waals surface area contributed by atoms with E-state index in [1.165, 1.54) is 0 Å². The molecule has 0 fully saturated rings. The van der Waals surface area contributed by atoms with E-state index in [1.807, 2.05) is 69.6 Å². The Labute approximate surface area is 171 Å². The number of halogens is 1. The Bertz CT molecular complexity index is 966. The Morgan fingerprint density at radius 1 is 1.17 bits per heavy atom. The smallest absolute Gasteiger partial charge is 0.190 e. The van der Waals surface area contributed by atoms with Gasteiger partial charge >= 0.3 is 0 Å². The lowest BCUT2D eigenvalue weighted by Gasteiger charge is -2.10. The van der Waals surface area contributed by atoms with Crippen LogP contribution >= 0.6 is 0 Å².